The van der Waals surface area contributed by atoms with Crippen LogP contribution in [0.1, 0.15) is 57.1 Å². The van der Waals surface area contributed by atoms with E-state index in [0.717, 1.165) is 23.2 Å². The Labute approximate surface area is 157 Å². The fourth-order valence-corrected chi connectivity index (χ4v) is 4.21. The van der Waals surface area contributed by atoms with Gasteiger partial charge in [-0.25, -0.2) is 9.59 Å². The Balaban J connectivity index is 1.75. The monoisotopic (exact) mass is 363 g/mol. The summed E-state index contributed by atoms with van der Waals surface area (Å²) in [5.74, 6) is -0.895. The van der Waals surface area contributed by atoms with Gasteiger partial charge >= 0.3 is 11.9 Å². The Morgan fingerprint density at radius 2 is 2.00 bits per heavy atom. The number of nitrogens with one attached hydrogen (secondary N) is 1. The van der Waals surface area contributed by atoms with E-state index in [9.17, 15) is 14.7 Å². The van der Waals surface area contributed by atoms with Crippen LogP contribution < -0.4 is 5.32 Å². The van der Waals surface area contributed by atoms with Crippen molar-refractivity contribution in [3.05, 3.63) is 76.9 Å². The van der Waals surface area contributed by atoms with Crippen LogP contribution in [0.5, 0.6) is 0 Å². The second kappa shape index (κ2) is 6.91. The number of carbonyl (C=O) groups is 2. The second-order valence-electron chi connectivity index (χ2n) is 6.89. The molecule has 0 saturated carbocycles. The summed E-state index contributed by atoms with van der Waals surface area (Å²) >= 11 is 0. The lowest BCUT2D eigenvalue weighted by molar-refractivity contribution is 0.0525. The number of esters is 1. The van der Waals surface area contributed by atoms with Crippen molar-refractivity contribution in [3.63, 3.8) is 0 Å². The third-order valence-electron chi connectivity index (χ3n) is 5.40. The molecule has 1 heterocycles. The molecule has 5 nitrogen and oxygen atoms in total. The molecule has 2 aromatic rings. The highest BCUT2D eigenvalue weighted by Crippen LogP contribution is 2.50. The van der Waals surface area contributed by atoms with Crippen molar-refractivity contribution in [2.75, 3.05) is 11.9 Å². The summed E-state index contributed by atoms with van der Waals surface area (Å²) < 4.78 is 5.12. The van der Waals surface area contributed by atoms with Gasteiger partial charge in [0, 0.05) is 11.6 Å². The molecule has 0 spiro atoms. The Hall–Kier alpha value is -3.08. The maximum atomic E-state index is 12.1. The molecular weight excluding hydrogens is 342 g/mol. The highest BCUT2D eigenvalue weighted by Gasteiger charge is 2.39. The normalized spacial score (nSPS) is 22.5. The lowest BCUT2D eigenvalue weighted by Gasteiger charge is -2.38. The van der Waals surface area contributed by atoms with E-state index in [1.807, 2.05) is 24.3 Å². The van der Waals surface area contributed by atoms with E-state index in [2.05, 4.69) is 17.5 Å². The van der Waals surface area contributed by atoms with Crippen LogP contribution in [-0.2, 0) is 4.74 Å². The predicted molar refractivity (Wildman–Crippen MR) is 102 cm³/mol. The number of carbonyl (C=O) groups excluding carboxylic acids is 1. The first kappa shape index (κ1) is 17.3. The van der Waals surface area contributed by atoms with Crippen molar-refractivity contribution in [1.29, 1.82) is 0 Å². The Morgan fingerprint density at radius 1 is 1.19 bits per heavy atom. The van der Waals surface area contributed by atoms with E-state index in [1.54, 1.807) is 25.1 Å². The molecule has 3 atom stereocenters. The molecule has 2 aliphatic rings. The number of hydrogen-bond acceptors (Lipinski definition) is 4. The first-order valence-corrected chi connectivity index (χ1v) is 9.16. The molecule has 1 aliphatic heterocycles. The van der Waals surface area contributed by atoms with E-state index >= 15 is 0 Å². The summed E-state index contributed by atoms with van der Waals surface area (Å²) in [6.45, 7) is 2.13. The number of carboxylic acid groups (broad SMARTS) is 1. The highest BCUT2D eigenvalue weighted by atomic mass is 16.5. The van der Waals surface area contributed by atoms with Gasteiger partial charge in [-0.1, -0.05) is 30.4 Å². The van der Waals surface area contributed by atoms with Crippen LogP contribution in [-0.4, -0.2) is 23.7 Å². The van der Waals surface area contributed by atoms with E-state index in [1.165, 1.54) is 0 Å². The van der Waals surface area contributed by atoms with Gasteiger partial charge in [-0.3, -0.25) is 0 Å². The smallest absolute Gasteiger partial charge is 0.338 e. The zero-order valence-electron chi connectivity index (χ0n) is 15.0. The van der Waals surface area contributed by atoms with Gasteiger partial charge in [0.1, 0.15) is 0 Å². The zero-order chi connectivity index (χ0) is 19.0. The number of carboxylic acids is 1. The molecule has 0 saturated heterocycles. The molecule has 5 heteroatoms. The molecule has 0 radical (unpaired) electrons. The fourth-order valence-electron chi connectivity index (χ4n) is 4.21. The van der Waals surface area contributed by atoms with E-state index < -0.39 is 5.97 Å². The minimum absolute atomic E-state index is 0.0988. The third kappa shape index (κ3) is 2.99. The van der Waals surface area contributed by atoms with Crippen molar-refractivity contribution in [2.24, 2.45) is 5.92 Å². The number of aromatic carboxylic acids is 1. The largest absolute Gasteiger partial charge is 0.478 e. The van der Waals surface area contributed by atoms with Crippen molar-refractivity contribution in [1.82, 2.24) is 0 Å². The Kier molecular flexibility index (Phi) is 4.44. The maximum absolute atomic E-state index is 12.1. The van der Waals surface area contributed by atoms with Crippen molar-refractivity contribution < 1.29 is 19.4 Å². The van der Waals surface area contributed by atoms with Crippen LogP contribution in [0.25, 0.3) is 0 Å². The molecule has 2 N–H and O–H groups in total. The molecule has 27 heavy (non-hydrogen) atoms. The highest BCUT2D eigenvalue weighted by molar-refractivity contribution is 5.91. The quantitative estimate of drug-likeness (QED) is 0.622. The van der Waals surface area contributed by atoms with Crippen LogP contribution in [0.15, 0.2) is 54.6 Å². The van der Waals surface area contributed by atoms with Crippen molar-refractivity contribution in [3.8, 4) is 0 Å². The minimum atomic E-state index is -0.918. The van der Waals surface area contributed by atoms with E-state index in [-0.39, 0.29) is 23.8 Å². The van der Waals surface area contributed by atoms with Crippen molar-refractivity contribution >= 4 is 17.6 Å². The number of fused-ring (bicyclic) bond motifs is 3. The van der Waals surface area contributed by atoms with Gasteiger partial charge in [0.2, 0.25) is 0 Å². The van der Waals surface area contributed by atoms with Gasteiger partial charge in [-0.05, 0) is 54.7 Å². The molecule has 0 unspecified atom stereocenters. The lowest BCUT2D eigenvalue weighted by Crippen LogP contribution is -2.30. The molecular formula is C22H21NO4. The van der Waals surface area contributed by atoms with Gasteiger partial charge in [0.25, 0.3) is 0 Å². The van der Waals surface area contributed by atoms with Crippen LogP contribution in [0.4, 0.5) is 5.69 Å². The summed E-state index contributed by atoms with van der Waals surface area (Å²) in [7, 11) is 0. The molecule has 0 amide bonds. The number of anilines is 1. The molecule has 4 rings (SSSR count). The van der Waals surface area contributed by atoms with Crippen LogP contribution >= 0.6 is 0 Å². The standard InChI is InChI=1S/C22H21NO4/c1-2-27-22(26)13-10-11-19-18(12-13)14-8-5-9-15(14)20(23-19)16-6-3-4-7-17(16)21(24)25/h3-8,10-12,14-15,20,23H,2,9H2,1H3,(H,24,25)/t14-,15-,20-/m1/s1. The predicted octanol–water partition coefficient (Wildman–Crippen LogP) is 4.39. The van der Waals surface area contributed by atoms with Crippen LogP contribution in [0, 0.1) is 5.92 Å². The Bertz CT molecular complexity index is 934. The first-order chi connectivity index (χ1) is 13.1. The average Bonchev–Trinajstić information content (AvgIpc) is 3.17. The summed E-state index contributed by atoms with van der Waals surface area (Å²) in [4.78, 5) is 23.8. The van der Waals surface area contributed by atoms with E-state index in [0.29, 0.717) is 17.7 Å². The van der Waals surface area contributed by atoms with Gasteiger partial charge in [-0.15, -0.1) is 0 Å². The summed E-state index contributed by atoms with van der Waals surface area (Å²) in [5.41, 5.74) is 3.65. The number of rotatable bonds is 4. The van der Waals surface area contributed by atoms with Crippen LogP contribution in [0.2, 0.25) is 0 Å². The molecule has 138 valence electrons. The van der Waals surface area contributed by atoms with Gasteiger partial charge < -0.3 is 15.2 Å². The van der Waals surface area contributed by atoms with Crippen LogP contribution in [0.3, 0.4) is 0 Å². The first-order valence-electron chi connectivity index (χ1n) is 9.16. The Morgan fingerprint density at radius 3 is 2.78 bits per heavy atom. The number of hydrogen-bond donors (Lipinski definition) is 2. The van der Waals surface area contributed by atoms with Gasteiger partial charge in [-0.2, -0.15) is 0 Å². The maximum Gasteiger partial charge on any atom is 0.338 e. The third-order valence-corrected chi connectivity index (χ3v) is 5.40. The molecule has 0 aromatic heterocycles. The van der Waals surface area contributed by atoms with Gasteiger partial charge in [0.15, 0.2) is 0 Å². The SMILES string of the molecule is CCOC(=O)c1ccc2c(c1)[C@@H]1C=CC[C@H]1[C@H](c1ccccc1C(=O)O)N2. The lowest BCUT2D eigenvalue weighted by atomic mass is 9.76. The summed E-state index contributed by atoms with van der Waals surface area (Å²) in [5, 5.41) is 13.1. The molecule has 2 aromatic carbocycles. The van der Waals surface area contributed by atoms with Crippen molar-refractivity contribution in [2.45, 2.75) is 25.3 Å². The zero-order valence-corrected chi connectivity index (χ0v) is 15.0. The number of allylic oxidation sites excluding steroid dienone is 2. The molecule has 0 bridgehead atoms. The fraction of sp³-hybridized carbons (Fsp3) is 0.273. The second-order valence-corrected chi connectivity index (χ2v) is 6.89. The molecule has 1 aliphatic carbocycles. The van der Waals surface area contributed by atoms with Gasteiger partial charge in [0.05, 0.1) is 23.8 Å². The molecule has 0 fully saturated rings. The summed E-state index contributed by atoms with van der Waals surface area (Å²) in [6.07, 6.45) is 5.16. The average molecular weight is 363 g/mol. The van der Waals surface area contributed by atoms with E-state index in [4.69, 9.17) is 4.74 Å². The topological polar surface area (TPSA) is 75.6 Å². The minimum Gasteiger partial charge on any atom is -0.478 e. The number of ether oxygens (including phenoxy) is 1. The number of benzene rings is 2. The summed E-state index contributed by atoms with van der Waals surface area (Å²) in [6, 6.07) is 12.6.